The standard InChI is InChI=1S/C21H19N9O/c1-12-13-11-29(27-12)7-3-5-16(31)28(2)20-19(30-8-4-6-22-21(30)26-20)15-10-23-14-9-24-17(13)18(14)25-15/h4,6,8,10-11H,3,5,7,9H2,1-2H3. The molecule has 0 atom stereocenters. The van der Waals surface area contributed by atoms with Crippen LogP contribution in [-0.4, -0.2) is 52.8 Å². The molecule has 0 N–H and O–H groups in total. The predicted molar refractivity (Wildman–Crippen MR) is 113 cm³/mol. The first kappa shape index (κ1) is 17.9. The fraction of sp³-hybridized carbons (Fsp3) is 0.286. The van der Waals surface area contributed by atoms with Crippen LogP contribution in [0.3, 0.4) is 0 Å². The fourth-order valence-corrected chi connectivity index (χ4v) is 4.17. The molecule has 10 nitrogen and oxygen atoms in total. The van der Waals surface area contributed by atoms with Crippen LogP contribution in [0.15, 0.2) is 35.8 Å². The summed E-state index contributed by atoms with van der Waals surface area (Å²) in [6.07, 6.45) is 8.31. The van der Waals surface area contributed by atoms with Gasteiger partial charge in [-0.1, -0.05) is 0 Å². The van der Waals surface area contributed by atoms with E-state index in [4.69, 9.17) is 9.98 Å². The highest BCUT2D eigenvalue weighted by Crippen LogP contribution is 2.32. The van der Waals surface area contributed by atoms with E-state index in [1.807, 2.05) is 34.5 Å². The molecule has 0 fully saturated rings. The van der Waals surface area contributed by atoms with Gasteiger partial charge in [0.05, 0.1) is 29.8 Å². The molecule has 31 heavy (non-hydrogen) atoms. The van der Waals surface area contributed by atoms with Gasteiger partial charge in [-0.05, 0) is 19.4 Å². The van der Waals surface area contributed by atoms with Crippen molar-refractivity contribution in [3.63, 3.8) is 0 Å². The number of carbonyl (C=O) groups excluding carboxylic acids is 1. The molecular weight excluding hydrogens is 394 g/mol. The van der Waals surface area contributed by atoms with E-state index in [2.05, 4.69) is 20.1 Å². The number of amides is 1. The zero-order chi connectivity index (χ0) is 21.1. The van der Waals surface area contributed by atoms with E-state index in [9.17, 15) is 4.79 Å². The van der Waals surface area contributed by atoms with Gasteiger partial charge < -0.3 is 0 Å². The van der Waals surface area contributed by atoms with Gasteiger partial charge in [0.2, 0.25) is 11.7 Å². The molecule has 4 aromatic rings. The molecule has 10 heteroatoms. The third kappa shape index (κ3) is 2.68. The SMILES string of the molecule is Cc1nn2cc1C1=NCc3ncc(nc31)-c1c(nc3ncccn13)N(C)C(=O)CCC2. The van der Waals surface area contributed by atoms with E-state index < -0.39 is 0 Å². The number of imidazole rings is 1. The van der Waals surface area contributed by atoms with Crippen molar-refractivity contribution in [1.82, 2.24) is 34.1 Å². The number of nitrogens with zero attached hydrogens (tertiary/aromatic N) is 9. The molecule has 0 aromatic carbocycles. The van der Waals surface area contributed by atoms with Gasteiger partial charge in [0.15, 0.2) is 5.82 Å². The highest BCUT2D eigenvalue weighted by Gasteiger charge is 2.28. The Balaban J connectivity index is 1.63. The zero-order valence-corrected chi connectivity index (χ0v) is 17.1. The number of aryl methyl sites for hydroxylation is 2. The van der Waals surface area contributed by atoms with Crippen molar-refractivity contribution in [3.05, 3.63) is 53.5 Å². The van der Waals surface area contributed by atoms with Crippen molar-refractivity contribution in [2.45, 2.75) is 32.9 Å². The molecule has 0 saturated carbocycles. The lowest BCUT2D eigenvalue weighted by atomic mass is 10.1. The zero-order valence-electron chi connectivity index (χ0n) is 17.1. The van der Waals surface area contributed by atoms with Gasteiger partial charge in [-0.15, -0.1) is 0 Å². The summed E-state index contributed by atoms with van der Waals surface area (Å²) in [4.78, 5) is 37.8. The topological polar surface area (TPSA) is 106 Å². The Morgan fingerprint density at radius 1 is 1.16 bits per heavy atom. The smallest absolute Gasteiger partial charge is 0.236 e. The molecular formula is C21H19N9O. The normalized spacial score (nSPS) is 15.7. The molecule has 0 radical (unpaired) electrons. The molecule has 4 aromatic heterocycles. The van der Waals surface area contributed by atoms with E-state index in [0.29, 0.717) is 48.9 Å². The van der Waals surface area contributed by atoms with Crippen molar-refractivity contribution in [1.29, 1.82) is 0 Å². The van der Waals surface area contributed by atoms with E-state index in [-0.39, 0.29) is 5.91 Å². The summed E-state index contributed by atoms with van der Waals surface area (Å²) in [6.45, 7) is 3.10. The summed E-state index contributed by atoms with van der Waals surface area (Å²) in [5.74, 6) is 0.993. The summed E-state index contributed by atoms with van der Waals surface area (Å²) in [5, 5.41) is 4.62. The number of carbonyl (C=O) groups is 1. The highest BCUT2D eigenvalue weighted by atomic mass is 16.2. The molecule has 0 aliphatic carbocycles. The average Bonchev–Trinajstić information content (AvgIpc) is 3.46. The van der Waals surface area contributed by atoms with Crippen molar-refractivity contribution in [3.8, 4) is 11.4 Å². The lowest BCUT2D eigenvalue weighted by molar-refractivity contribution is -0.118. The molecule has 2 aliphatic rings. The van der Waals surface area contributed by atoms with Crippen LogP contribution in [0.1, 0.15) is 35.5 Å². The number of anilines is 1. The van der Waals surface area contributed by atoms with Gasteiger partial charge >= 0.3 is 0 Å². The second-order valence-corrected chi connectivity index (χ2v) is 7.74. The maximum Gasteiger partial charge on any atom is 0.236 e. The van der Waals surface area contributed by atoms with Crippen LogP contribution < -0.4 is 4.90 Å². The Bertz CT molecular complexity index is 1400. The number of aliphatic imine (C=N–C) groups is 1. The second kappa shape index (κ2) is 6.53. The Kier molecular flexibility index (Phi) is 3.76. The van der Waals surface area contributed by atoms with Crippen molar-refractivity contribution in [2.75, 3.05) is 11.9 Å². The lowest BCUT2D eigenvalue weighted by Crippen LogP contribution is -2.27. The number of rotatable bonds is 0. The highest BCUT2D eigenvalue weighted by molar-refractivity contribution is 6.14. The van der Waals surface area contributed by atoms with E-state index in [0.717, 1.165) is 28.4 Å². The summed E-state index contributed by atoms with van der Waals surface area (Å²) >= 11 is 0. The molecule has 0 spiro atoms. The van der Waals surface area contributed by atoms with Gasteiger partial charge in [-0.3, -0.25) is 28.8 Å². The van der Waals surface area contributed by atoms with E-state index >= 15 is 0 Å². The number of fused-ring (bicyclic) bond motifs is 8. The van der Waals surface area contributed by atoms with Crippen molar-refractivity contribution < 1.29 is 4.79 Å². The molecule has 0 unspecified atom stereocenters. The second-order valence-electron chi connectivity index (χ2n) is 7.74. The third-order valence-electron chi connectivity index (χ3n) is 5.76. The summed E-state index contributed by atoms with van der Waals surface area (Å²) in [7, 11) is 1.74. The quantitative estimate of drug-likeness (QED) is 0.435. The fourth-order valence-electron chi connectivity index (χ4n) is 4.17. The van der Waals surface area contributed by atoms with E-state index in [1.54, 1.807) is 24.3 Å². The van der Waals surface area contributed by atoms with Gasteiger partial charge in [-0.25, -0.2) is 9.97 Å². The molecule has 154 valence electrons. The summed E-state index contributed by atoms with van der Waals surface area (Å²) < 4.78 is 3.72. The molecule has 1 amide bonds. The number of hydrogen-bond acceptors (Lipinski definition) is 7. The summed E-state index contributed by atoms with van der Waals surface area (Å²) in [6, 6.07) is 1.83. The number of aromatic nitrogens is 7. The van der Waals surface area contributed by atoms with Gasteiger partial charge in [-0.2, -0.15) is 10.1 Å². The van der Waals surface area contributed by atoms with Crippen LogP contribution in [-0.2, 0) is 17.9 Å². The van der Waals surface area contributed by atoms with Crippen molar-refractivity contribution in [2.24, 2.45) is 4.99 Å². The Morgan fingerprint density at radius 3 is 2.97 bits per heavy atom. The predicted octanol–water partition coefficient (Wildman–Crippen LogP) is 1.80. The Morgan fingerprint density at radius 2 is 2.06 bits per heavy atom. The van der Waals surface area contributed by atoms with Gasteiger partial charge in [0.25, 0.3) is 0 Å². The van der Waals surface area contributed by atoms with Crippen LogP contribution in [0.25, 0.3) is 17.2 Å². The summed E-state index contributed by atoms with van der Waals surface area (Å²) in [5.41, 5.74) is 5.52. The Hall–Kier alpha value is -3.95. The lowest BCUT2D eigenvalue weighted by Gasteiger charge is -2.17. The maximum atomic E-state index is 13.0. The number of hydrogen-bond donors (Lipinski definition) is 0. The van der Waals surface area contributed by atoms with Crippen LogP contribution in [0, 0.1) is 6.92 Å². The minimum atomic E-state index is -0.0258. The first-order valence-corrected chi connectivity index (χ1v) is 10.2. The Labute approximate surface area is 177 Å². The largest absolute Gasteiger partial charge is 0.298 e. The van der Waals surface area contributed by atoms with Crippen molar-refractivity contribution >= 4 is 23.2 Å². The average molecular weight is 413 g/mol. The molecule has 6 heterocycles. The van der Waals surface area contributed by atoms with Gasteiger partial charge in [0.1, 0.15) is 17.1 Å². The van der Waals surface area contributed by atoms with Crippen LogP contribution in [0.4, 0.5) is 5.82 Å². The van der Waals surface area contributed by atoms with Gasteiger partial charge in [0, 0.05) is 44.2 Å². The van der Waals surface area contributed by atoms with Crippen LogP contribution >= 0.6 is 0 Å². The molecule has 6 rings (SSSR count). The maximum absolute atomic E-state index is 13.0. The monoisotopic (exact) mass is 413 g/mol. The molecule has 4 bridgehead atoms. The van der Waals surface area contributed by atoms with Crippen LogP contribution in [0.2, 0.25) is 0 Å². The molecule has 2 aliphatic heterocycles. The third-order valence-corrected chi connectivity index (χ3v) is 5.76. The first-order valence-electron chi connectivity index (χ1n) is 10.2. The molecule has 0 saturated heterocycles. The first-order chi connectivity index (χ1) is 15.1. The van der Waals surface area contributed by atoms with Crippen LogP contribution in [0.5, 0.6) is 0 Å². The minimum Gasteiger partial charge on any atom is -0.298 e. The van der Waals surface area contributed by atoms with E-state index in [1.165, 1.54) is 0 Å². The minimum absolute atomic E-state index is 0.0258.